The number of methoxy groups -OCH3 is 1. The minimum atomic E-state index is -0.340. The van der Waals surface area contributed by atoms with Crippen LogP contribution in [0.15, 0.2) is 34.5 Å². The minimum Gasteiger partial charge on any atom is -0.508 e. The number of ether oxygens (including phenoxy) is 1. The number of ketones is 1. The maximum atomic E-state index is 12.1. The summed E-state index contributed by atoms with van der Waals surface area (Å²) < 4.78 is 10.8. The number of anilines is 1. The lowest BCUT2D eigenvalue weighted by molar-refractivity contribution is 0.104. The van der Waals surface area contributed by atoms with E-state index in [9.17, 15) is 9.90 Å². The van der Waals surface area contributed by atoms with Gasteiger partial charge in [0.1, 0.15) is 22.6 Å². The molecule has 2 aliphatic rings. The normalized spacial score (nSPS) is 14.8. The first-order chi connectivity index (χ1) is 10.7. The highest BCUT2D eigenvalue weighted by Crippen LogP contribution is 2.28. The molecule has 2 N–H and O–H groups in total. The van der Waals surface area contributed by atoms with Gasteiger partial charge in [-0.3, -0.25) is 4.79 Å². The van der Waals surface area contributed by atoms with Crippen molar-refractivity contribution in [2.75, 3.05) is 12.6 Å². The molecule has 1 aliphatic carbocycles. The van der Waals surface area contributed by atoms with Crippen LogP contribution in [0, 0.1) is 0 Å². The van der Waals surface area contributed by atoms with E-state index in [2.05, 4.69) is 5.48 Å². The number of aliphatic hydroxyl groups is 1. The van der Waals surface area contributed by atoms with Gasteiger partial charge in [0.2, 0.25) is 0 Å². The maximum Gasteiger partial charge on any atom is 0.195 e. The summed E-state index contributed by atoms with van der Waals surface area (Å²) in [5.74, 6) is 0.748. The summed E-state index contributed by atoms with van der Waals surface area (Å²) in [6.45, 7) is 0. The average molecular weight is 297 g/mol. The summed E-state index contributed by atoms with van der Waals surface area (Å²) in [7, 11) is 1.57. The van der Waals surface area contributed by atoms with Gasteiger partial charge in [-0.25, -0.2) is 5.48 Å². The van der Waals surface area contributed by atoms with Crippen LogP contribution in [0.5, 0.6) is 11.5 Å². The summed E-state index contributed by atoms with van der Waals surface area (Å²) in [5.41, 5.74) is 5.08. The molecule has 6 heteroatoms. The first kappa shape index (κ1) is 12.6. The van der Waals surface area contributed by atoms with Crippen molar-refractivity contribution in [3.8, 4) is 11.5 Å². The van der Waals surface area contributed by atoms with Crippen molar-refractivity contribution in [2.45, 2.75) is 0 Å². The first-order valence-corrected chi connectivity index (χ1v) is 6.58. The number of carbonyl (C=O) groups is 1. The van der Waals surface area contributed by atoms with E-state index in [-0.39, 0.29) is 11.5 Å². The Balaban J connectivity index is 1.94. The molecule has 2 heterocycles. The number of allylic oxidation sites excluding steroid dienone is 2. The molecule has 0 radical (unpaired) electrons. The second-order valence-corrected chi connectivity index (χ2v) is 4.91. The topological polar surface area (TPSA) is 80.9 Å². The molecule has 0 fully saturated rings. The van der Waals surface area contributed by atoms with Gasteiger partial charge in [0.05, 0.1) is 12.7 Å². The number of hydrogen-bond acceptors (Lipinski definition) is 6. The number of rotatable bonds is 1. The van der Waals surface area contributed by atoms with E-state index in [0.717, 1.165) is 11.6 Å². The highest BCUT2D eigenvalue weighted by molar-refractivity contribution is 6.10. The summed E-state index contributed by atoms with van der Waals surface area (Å²) in [6, 6.07) is 5.36. The molecular weight excluding hydrogens is 286 g/mol. The van der Waals surface area contributed by atoms with E-state index in [4.69, 9.17) is 14.0 Å². The molecule has 22 heavy (non-hydrogen) atoms. The zero-order chi connectivity index (χ0) is 15.3. The molecular formula is C16H11NO5. The van der Waals surface area contributed by atoms with Crippen molar-refractivity contribution in [2.24, 2.45) is 0 Å². The summed E-state index contributed by atoms with van der Waals surface area (Å²) in [4.78, 5) is 17.6. The van der Waals surface area contributed by atoms with Crippen LogP contribution in [-0.4, -0.2) is 18.0 Å². The van der Waals surface area contributed by atoms with Gasteiger partial charge >= 0.3 is 0 Å². The molecule has 0 saturated heterocycles. The molecule has 2 aromatic rings. The smallest absolute Gasteiger partial charge is 0.195 e. The van der Waals surface area contributed by atoms with Crippen molar-refractivity contribution in [1.82, 2.24) is 0 Å². The van der Waals surface area contributed by atoms with Crippen molar-refractivity contribution < 1.29 is 23.9 Å². The SMILES string of the molecule is COc1ccc2c(c1)ONc1c3c(oc1=C2)=CC(O)=CC3=O. The molecule has 4 rings (SSSR count). The standard InChI is InChI=1S/C16H11NO5/c1-20-10-3-2-8-4-14-16(17-22-12(8)7-10)15-11(19)5-9(18)6-13(15)21-14/h2-7,17-18H,1H3. The molecule has 0 atom stereocenters. The van der Waals surface area contributed by atoms with Crippen LogP contribution >= 0.6 is 0 Å². The molecule has 0 bridgehead atoms. The van der Waals surface area contributed by atoms with Gasteiger partial charge in [0, 0.05) is 23.8 Å². The first-order valence-electron chi connectivity index (χ1n) is 6.58. The Morgan fingerprint density at radius 3 is 2.86 bits per heavy atom. The Morgan fingerprint density at radius 1 is 1.18 bits per heavy atom. The van der Waals surface area contributed by atoms with Crippen LogP contribution in [0.3, 0.4) is 0 Å². The third-order valence-electron chi connectivity index (χ3n) is 3.54. The second kappa shape index (κ2) is 4.42. The van der Waals surface area contributed by atoms with Crippen molar-refractivity contribution >= 4 is 23.6 Å². The number of fused-ring (bicyclic) bond motifs is 4. The highest BCUT2D eigenvalue weighted by Gasteiger charge is 2.24. The van der Waals surface area contributed by atoms with Gasteiger partial charge in [-0.2, -0.15) is 0 Å². The number of benzene rings is 1. The lowest BCUT2D eigenvalue weighted by Gasteiger charge is -2.09. The molecule has 1 aliphatic heterocycles. The Morgan fingerprint density at radius 2 is 2.05 bits per heavy atom. The Kier molecular flexibility index (Phi) is 2.53. The molecule has 0 unspecified atom stereocenters. The number of hydrogen-bond donors (Lipinski definition) is 2. The molecule has 0 saturated carbocycles. The Bertz CT molecular complexity index is 952. The second-order valence-electron chi connectivity index (χ2n) is 4.91. The fourth-order valence-corrected chi connectivity index (χ4v) is 2.50. The van der Waals surface area contributed by atoms with E-state index in [1.807, 2.05) is 6.07 Å². The van der Waals surface area contributed by atoms with Gasteiger partial charge in [0.25, 0.3) is 0 Å². The van der Waals surface area contributed by atoms with Gasteiger partial charge in [-0.05, 0) is 18.2 Å². The summed E-state index contributed by atoms with van der Waals surface area (Å²) >= 11 is 0. The lowest BCUT2D eigenvalue weighted by Crippen LogP contribution is -2.18. The Hall–Kier alpha value is -3.15. The van der Waals surface area contributed by atoms with E-state index in [1.165, 1.54) is 6.08 Å². The lowest BCUT2D eigenvalue weighted by atomic mass is 10.1. The molecule has 1 aromatic carbocycles. The number of furan rings is 1. The third-order valence-corrected chi connectivity index (χ3v) is 3.54. The average Bonchev–Trinajstić information content (AvgIpc) is 2.73. The van der Waals surface area contributed by atoms with E-state index in [0.29, 0.717) is 33.6 Å². The molecule has 110 valence electrons. The number of carbonyl (C=O) groups excluding carboxylic acids is 1. The number of nitrogens with one attached hydrogen (secondary N) is 1. The maximum absolute atomic E-state index is 12.1. The van der Waals surface area contributed by atoms with Gasteiger partial charge in [-0.15, -0.1) is 0 Å². The predicted molar refractivity (Wildman–Crippen MR) is 78.3 cm³/mol. The van der Waals surface area contributed by atoms with Crippen LogP contribution in [0.1, 0.15) is 15.9 Å². The predicted octanol–water partition coefficient (Wildman–Crippen LogP) is 1.25. The van der Waals surface area contributed by atoms with E-state index in [1.54, 1.807) is 25.3 Å². The monoisotopic (exact) mass is 297 g/mol. The quantitative estimate of drug-likeness (QED) is 0.824. The van der Waals surface area contributed by atoms with Crippen LogP contribution < -0.4 is 25.9 Å². The molecule has 6 nitrogen and oxygen atoms in total. The Labute approximate surface area is 124 Å². The third kappa shape index (κ3) is 1.77. The summed E-state index contributed by atoms with van der Waals surface area (Å²) in [6.07, 6.45) is 4.30. The minimum absolute atomic E-state index is 0.132. The van der Waals surface area contributed by atoms with Crippen LogP contribution in [0.4, 0.5) is 5.69 Å². The number of aliphatic hydroxyl groups excluding tert-OH is 1. The van der Waals surface area contributed by atoms with Crippen molar-refractivity contribution in [3.63, 3.8) is 0 Å². The molecule has 0 amide bonds. The van der Waals surface area contributed by atoms with E-state index < -0.39 is 0 Å². The van der Waals surface area contributed by atoms with Crippen molar-refractivity contribution in [1.29, 1.82) is 0 Å². The van der Waals surface area contributed by atoms with Crippen LogP contribution in [0.25, 0.3) is 12.2 Å². The highest BCUT2D eigenvalue weighted by atomic mass is 16.6. The van der Waals surface area contributed by atoms with Gasteiger partial charge in [-0.1, -0.05) is 0 Å². The fraction of sp³-hybridized carbons (Fsp3) is 0.0625. The largest absolute Gasteiger partial charge is 0.508 e. The van der Waals surface area contributed by atoms with Crippen LogP contribution in [0.2, 0.25) is 0 Å². The fourth-order valence-electron chi connectivity index (χ4n) is 2.50. The zero-order valence-corrected chi connectivity index (χ0v) is 11.5. The molecule has 1 aromatic heterocycles. The van der Waals surface area contributed by atoms with Crippen molar-refractivity contribution in [3.05, 3.63) is 52.0 Å². The summed E-state index contributed by atoms with van der Waals surface area (Å²) in [5, 5.41) is 9.51. The van der Waals surface area contributed by atoms with Crippen LogP contribution in [-0.2, 0) is 0 Å². The van der Waals surface area contributed by atoms with Gasteiger partial charge < -0.3 is 19.1 Å². The molecule has 0 spiro atoms. The zero-order valence-electron chi connectivity index (χ0n) is 11.5. The van der Waals surface area contributed by atoms with Gasteiger partial charge in [0.15, 0.2) is 16.9 Å². The van der Waals surface area contributed by atoms with E-state index >= 15 is 0 Å².